The van der Waals surface area contributed by atoms with Crippen LogP contribution in [0.4, 0.5) is 0 Å². The van der Waals surface area contributed by atoms with E-state index in [-0.39, 0.29) is 53.5 Å². The number of halogens is 4. The molecule has 4 aromatic carbocycles. The van der Waals surface area contributed by atoms with Crippen LogP contribution in [0, 0.1) is 20.2 Å². The van der Waals surface area contributed by atoms with E-state index in [0.29, 0.717) is 12.5 Å². The van der Waals surface area contributed by atoms with Crippen molar-refractivity contribution in [3.63, 3.8) is 0 Å². The summed E-state index contributed by atoms with van der Waals surface area (Å²) in [6.45, 7) is 0. The number of rotatable bonds is 12. The van der Waals surface area contributed by atoms with Crippen molar-refractivity contribution in [3.05, 3.63) is 195 Å². The van der Waals surface area contributed by atoms with E-state index >= 15 is 0 Å². The van der Waals surface area contributed by atoms with E-state index in [4.69, 9.17) is 59.5 Å². The predicted molar refractivity (Wildman–Crippen MR) is 216 cm³/mol. The van der Waals surface area contributed by atoms with Crippen molar-refractivity contribution < 1.29 is 39.8 Å². The average Bonchev–Trinajstić information content (AvgIpc) is 3.12. The lowest BCUT2D eigenvalue weighted by molar-refractivity contribution is -0.556. The van der Waals surface area contributed by atoms with Crippen LogP contribution in [0.1, 0.15) is 22.3 Å². The number of hydrogen-bond acceptors (Lipinski definition) is 11. The third-order valence-electron chi connectivity index (χ3n) is 9.01. The van der Waals surface area contributed by atoms with Crippen LogP contribution in [0.2, 0.25) is 20.1 Å². The molecule has 0 saturated carbocycles. The zero-order valence-electron chi connectivity index (χ0n) is 29.4. The Morgan fingerprint density at radius 3 is 1.16 bits per heavy atom. The highest BCUT2D eigenvalue weighted by Crippen LogP contribution is 2.52. The highest BCUT2D eigenvalue weighted by atomic mass is 35.5. The van der Waals surface area contributed by atoms with E-state index in [2.05, 4.69) is 0 Å². The molecule has 13 nitrogen and oxygen atoms in total. The lowest BCUT2D eigenvalue weighted by atomic mass is 9.78. The van der Waals surface area contributed by atoms with Crippen molar-refractivity contribution in [3.8, 4) is 0 Å². The Hall–Kier alpha value is -4.74. The molecule has 0 heterocycles. The largest absolute Gasteiger partial charge is 0.378 e. The maximum Gasteiger partial charge on any atom is 0.324 e. The highest BCUT2D eigenvalue weighted by Gasteiger charge is 2.58. The summed E-state index contributed by atoms with van der Waals surface area (Å²) in [5.41, 5.74) is -5.93. The normalized spacial score (nSPS) is 22.4. The number of benzene rings is 4. The Morgan fingerprint density at radius 2 is 0.860 bits per heavy atom. The number of hydrogen-bond donors (Lipinski definition) is 0. The molecule has 0 spiro atoms. The molecule has 4 atom stereocenters. The zero-order valence-corrected chi connectivity index (χ0v) is 34.1. The van der Waals surface area contributed by atoms with E-state index in [0.717, 1.165) is 12.2 Å². The van der Waals surface area contributed by atoms with Crippen LogP contribution >= 0.6 is 46.4 Å². The van der Waals surface area contributed by atoms with Gasteiger partial charge in [-0.05, 0) is 48.6 Å². The standard InChI is InChI=1S/C38H28Cl4N2O11S2/c1-56(49,50)54-35-33(23-11-3-7-15-27(23)39)31(19-21-37(35,43(45)46)25-13-5-9-17-29(25)41)53-32-20-22-38(44(47)48,26-14-6-10-18-30(26)42)36(55-57(2,51)52)34(32)24-12-4-8-16-28(24)40/h3-22,31-32H,1-2H3. The summed E-state index contributed by atoms with van der Waals surface area (Å²) in [5.74, 6) is -1.51. The molecule has 0 saturated heterocycles. The lowest BCUT2D eigenvalue weighted by Gasteiger charge is -2.37. The third kappa shape index (κ3) is 7.93. The fourth-order valence-electron chi connectivity index (χ4n) is 6.73. The molecule has 19 heteroatoms. The number of ether oxygens (including phenoxy) is 1. The van der Waals surface area contributed by atoms with Gasteiger partial charge < -0.3 is 13.1 Å². The van der Waals surface area contributed by atoms with Crippen molar-refractivity contribution in [1.82, 2.24) is 0 Å². The monoisotopic (exact) mass is 892 g/mol. The molecule has 2 aliphatic rings. The molecule has 2 aliphatic carbocycles. The minimum Gasteiger partial charge on any atom is -0.378 e. The van der Waals surface area contributed by atoms with Gasteiger partial charge in [-0.3, -0.25) is 20.2 Å². The van der Waals surface area contributed by atoms with E-state index < -0.39 is 64.9 Å². The summed E-state index contributed by atoms with van der Waals surface area (Å²) >= 11 is 26.5. The summed E-state index contributed by atoms with van der Waals surface area (Å²) in [5, 5.41) is 26.5. The molecule has 0 aromatic heterocycles. The third-order valence-corrected chi connectivity index (χ3v) is 11.3. The Balaban J connectivity index is 1.70. The first-order valence-corrected chi connectivity index (χ1v) is 21.6. The van der Waals surface area contributed by atoms with Crippen LogP contribution in [0.25, 0.3) is 11.1 Å². The maximum absolute atomic E-state index is 13.4. The van der Waals surface area contributed by atoms with Gasteiger partial charge in [0, 0.05) is 54.3 Å². The molecule has 4 aromatic rings. The smallest absolute Gasteiger partial charge is 0.324 e. The topological polar surface area (TPSA) is 182 Å². The SMILES string of the molecule is CS(=O)(=O)OC1=C(c2ccccc2Cl)C(OC2C=CC(c3ccccc3Cl)([N+](=O)[O-])C(OS(C)(=O)=O)=C2c2ccccc2Cl)C=CC1(c1ccccc1Cl)[N+](=O)[O-]. The van der Waals surface area contributed by atoms with Crippen LogP contribution in [0.15, 0.2) is 133 Å². The fraction of sp³-hybridized carbons (Fsp3) is 0.158. The first-order chi connectivity index (χ1) is 26.8. The molecular formula is C38H28Cl4N2O11S2. The Bertz CT molecular complexity index is 2490. The van der Waals surface area contributed by atoms with Crippen molar-refractivity contribution in [1.29, 1.82) is 0 Å². The van der Waals surface area contributed by atoms with Crippen molar-refractivity contribution in [2.75, 3.05) is 12.5 Å². The molecule has 0 amide bonds. The quantitative estimate of drug-likeness (QED) is 0.0575. The molecule has 4 unspecified atom stereocenters. The van der Waals surface area contributed by atoms with Crippen LogP contribution in [-0.4, -0.2) is 51.4 Å². The summed E-state index contributed by atoms with van der Waals surface area (Å²) in [4.78, 5) is 25.2. The second-order valence-electron chi connectivity index (χ2n) is 12.7. The average molecular weight is 895 g/mol. The molecule has 0 fully saturated rings. The first-order valence-electron chi connectivity index (χ1n) is 16.4. The summed E-state index contributed by atoms with van der Waals surface area (Å²) in [6.07, 6.45) is 2.93. The molecule has 57 heavy (non-hydrogen) atoms. The van der Waals surface area contributed by atoms with Crippen molar-refractivity contribution in [2.24, 2.45) is 0 Å². The van der Waals surface area contributed by atoms with Gasteiger partial charge in [0.25, 0.3) is 0 Å². The minimum atomic E-state index is -4.56. The molecule has 0 N–H and O–H groups in total. The fourth-order valence-corrected chi connectivity index (χ4v) is 8.80. The second kappa shape index (κ2) is 15.9. The van der Waals surface area contributed by atoms with E-state index in [1.165, 1.54) is 97.1 Å². The number of nitro groups is 2. The van der Waals surface area contributed by atoms with Gasteiger partial charge in [0.2, 0.25) is 11.5 Å². The lowest BCUT2D eigenvalue weighted by Crippen LogP contribution is -2.44. The van der Waals surface area contributed by atoms with Gasteiger partial charge in [-0.25, -0.2) is 0 Å². The Kier molecular flexibility index (Phi) is 11.7. The molecular weight excluding hydrogens is 866 g/mol. The van der Waals surface area contributed by atoms with Gasteiger partial charge in [0.15, 0.2) is 0 Å². The van der Waals surface area contributed by atoms with Crippen molar-refractivity contribution in [2.45, 2.75) is 23.3 Å². The van der Waals surface area contributed by atoms with Crippen LogP contribution in [-0.2, 0) is 44.4 Å². The highest BCUT2D eigenvalue weighted by molar-refractivity contribution is 7.86. The minimum absolute atomic E-state index is 0.00403. The molecule has 0 bridgehead atoms. The van der Waals surface area contributed by atoms with Gasteiger partial charge in [-0.2, -0.15) is 16.8 Å². The van der Waals surface area contributed by atoms with Crippen LogP contribution in [0.5, 0.6) is 0 Å². The molecule has 296 valence electrons. The summed E-state index contributed by atoms with van der Waals surface area (Å²) in [7, 11) is -9.12. The molecule has 0 radical (unpaired) electrons. The summed E-state index contributed by atoms with van der Waals surface area (Å²) < 4.78 is 70.0. The van der Waals surface area contributed by atoms with E-state index in [1.807, 2.05) is 0 Å². The molecule has 6 rings (SSSR count). The summed E-state index contributed by atoms with van der Waals surface area (Å²) in [6, 6.07) is 23.4. The molecule has 0 aliphatic heterocycles. The van der Waals surface area contributed by atoms with Crippen LogP contribution < -0.4 is 0 Å². The van der Waals surface area contributed by atoms with E-state index in [1.54, 1.807) is 12.1 Å². The van der Waals surface area contributed by atoms with Crippen molar-refractivity contribution >= 4 is 77.8 Å². The number of nitrogens with zero attached hydrogens (tertiary/aromatic N) is 2. The van der Waals surface area contributed by atoms with Crippen LogP contribution in [0.3, 0.4) is 0 Å². The zero-order chi connectivity index (χ0) is 41.5. The Morgan fingerprint density at radius 1 is 0.544 bits per heavy atom. The first kappa shape index (κ1) is 41.9. The second-order valence-corrected chi connectivity index (χ2v) is 17.5. The Labute approximate surface area is 346 Å². The van der Waals surface area contributed by atoms with Gasteiger partial charge in [0.1, 0.15) is 12.2 Å². The maximum atomic E-state index is 13.4. The van der Waals surface area contributed by atoms with Gasteiger partial charge in [0.05, 0.1) is 33.7 Å². The van der Waals surface area contributed by atoms with Gasteiger partial charge in [-0.15, -0.1) is 0 Å². The van der Waals surface area contributed by atoms with Gasteiger partial charge in [-0.1, -0.05) is 107 Å². The predicted octanol–water partition coefficient (Wildman–Crippen LogP) is 8.61. The van der Waals surface area contributed by atoms with E-state index in [9.17, 15) is 37.1 Å². The van der Waals surface area contributed by atoms with Gasteiger partial charge >= 0.3 is 31.3 Å².